The summed E-state index contributed by atoms with van der Waals surface area (Å²) in [6.07, 6.45) is 5.58. The van der Waals surface area contributed by atoms with E-state index in [2.05, 4.69) is 20.4 Å². The quantitative estimate of drug-likeness (QED) is 0.487. The van der Waals surface area contributed by atoms with Gasteiger partial charge < -0.3 is 15.6 Å². The van der Waals surface area contributed by atoms with Gasteiger partial charge in [0.15, 0.2) is 0 Å². The summed E-state index contributed by atoms with van der Waals surface area (Å²) in [5.41, 5.74) is 10.7. The van der Waals surface area contributed by atoms with Gasteiger partial charge in [0, 0.05) is 30.0 Å². The third-order valence-electron chi connectivity index (χ3n) is 4.75. The monoisotopic (exact) mass is 406 g/mol. The maximum absolute atomic E-state index is 8.89. The molecule has 1 saturated carbocycles. The van der Waals surface area contributed by atoms with Crippen LogP contribution in [0.1, 0.15) is 69.0 Å². The van der Waals surface area contributed by atoms with Crippen molar-refractivity contribution in [1.29, 1.82) is 5.41 Å². The summed E-state index contributed by atoms with van der Waals surface area (Å²) < 4.78 is 5.70. The molecule has 7 nitrogen and oxygen atoms in total. The van der Waals surface area contributed by atoms with Gasteiger partial charge in [-0.1, -0.05) is 25.1 Å². The van der Waals surface area contributed by atoms with Crippen LogP contribution in [0.2, 0.25) is 0 Å². The molecule has 0 amide bonds. The van der Waals surface area contributed by atoms with Crippen LogP contribution in [0.5, 0.6) is 0 Å². The molecular formula is C23H30N6O. The first-order valence-corrected chi connectivity index (χ1v) is 10.5. The van der Waals surface area contributed by atoms with Crippen molar-refractivity contribution in [2.45, 2.75) is 59.4 Å². The molecule has 3 aromatic rings. The number of aromatic nitrogens is 3. The van der Waals surface area contributed by atoms with Gasteiger partial charge in [0.05, 0.1) is 22.5 Å². The highest BCUT2D eigenvalue weighted by atomic mass is 16.5. The van der Waals surface area contributed by atoms with E-state index in [9.17, 15) is 0 Å². The number of aryl methyl sites for hydroxylation is 1. The van der Waals surface area contributed by atoms with Gasteiger partial charge in [-0.3, -0.25) is 10.4 Å². The summed E-state index contributed by atoms with van der Waals surface area (Å²) in [4.78, 5) is 8.75. The van der Waals surface area contributed by atoms with Crippen molar-refractivity contribution in [2.24, 2.45) is 0 Å². The molecule has 4 rings (SSSR count). The Kier molecular flexibility index (Phi) is 6.50. The average molecular weight is 407 g/mol. The summed E-state index contributed by atoms with van der Waals surface area (Å²) in [6.45, 7) is 10.1. The van der Waals surface area contributed by atoms with E-state index >= 15 is 0 Å². The second-order valence-electron chi connectivity index (χ2n) is 7.56. The summed E-state index contributed by atoms with van der Waals surface area (Å²) >= 11 is 0. The number of nitrogen functional groups attached to an aromatic ring is 1. The first-order valence-electron chi connectivity index (χ1n) is 10.5. The van der Waals surface area contributed by atoms with E-state index in [1.54, 1.807) is 6.20 Å². The fourth-order valence-corrected chi connectivity index (χ4v) is 3.25. The zero-order chi connectivity index (χ0) is 21.8. The van der Waals surface area contributed by atoms with Gasteiger partial charge >= 0.3 is 0 Å². The molecule has 0 saturated heterocycles. The lowest BCUT2D eigenvalue weighted by Crippen LogP contribution is -2.17. The molecule has 158 valence electrons. The lowest BCUT2D eigenvalue weighted by molar-refractivity contribution is 0.384. The molecular weight excluding hydrogens is 376 g/mol. The van der Waals surface area contributed by atoms with Crippen molar-refractivity contribution in [3.05, 3.63) is 53.2 Å². The number of anilines is 2. The standard InChI is InChI=1S/C21H24N6O.C2H6/c1-11(2)26-15-8-9-24-21(23)16(15)18(22)19-17(14-7-4-12(3)10-25-14)20(28-27-19)13-5-6-13;1-2/h4,7-11,13,22H,5-6H2,1-3H3,(H3,23,24,26);1-2H3. The molecule has 7 heteroatoms. The number of rotatable bonds is 6. The van der Waals surface area contributed by atoms with Gasteiger partial charge in [-0.05, 0) is 51.3 Å². The molecule has 3 heterocycles. The molecule has 0 unspecified atom stereocenters. The van der Waals surface area contributed by atoms with Gasteiger partial charge in [-0.25, -0.2) is 4.98 Å². The zero-order valence-electron chi connectivity index (χ0n) is 18.3. The molecule has 0 atom stereocenters. The molecule has 0 spiro atoms. The molecule has 3 aromatic heterocycles. The molecule has 4 N–H and O–H groups in total. The van der Waals surface area contributed by atoms with Gasteiger partial charge in [0.1, 0.15) is 17.3 Å². The molecule has 0 aliphatic heterocycles. The summed E-state index contributed by atoms with van der Waals surface area (Å²) in [7, 11) is 0. The Labute approximate surface area is 177 Å². The number of nitrogens with zero attached hydrogens (tertiary/aromatic N) is 3. The fraction of sp³-hybridized carbons (Fsp3) is 0.391. The molecule has 0 bridgehead atoms. The van der Waals surface area contributed by atoms with Gasteiger partial charge in [-0.15, -0.1) is 0 Å². The molecule has 1 aliphatic rings. The molecule has 1 fully saturated rings. The Morgan fingerprint density at radius 1 is 1.20 bits per heavy atom. The van der Waals surface area contributed by atoms with E-state index in [0.29, 0.717) is 17.2 Å². The smallest absolute Gasteiger partial charge is 0.149 e. The molecule has 30 heavy (non-hydrogen) atoms. The van der Waals surface area contributed by atoms with Gasteiger partial charge in [0.25, 0.3) is 0 Å². The van der Waals surface area contributed by atoms with Crippen LogP contribution >= 0.6 is 0 Å². The van der Waals surface area contributed by atoms with Crippen molar-refractivity contribution >= 4 is 17.2 Å². The molecule has 1 aliphatic carbocycles. The lowest BCUT2D eigenvalue weighted by Gasteiger charge is -2.16. The Balaban J connectivity index is 0.00000124. The minimum absolute atomic E-state index is 0.182. The highest BCUT2D eigenvalue weighted by Gasteiger charge is 2.35. The molecule has 0 radical (unpaired) electrons. The Bertz CT molecular complexity index is 1020. The van der Waals surface area contributed by atoms with Crippen molar-refractivity contribution < 1.29 is 4.52 Å². The van der Waals surface area contributed by atoms with Gasteiger partial charge in [-0.2, -0.15) is 0 Å². The first-order chi connectivity index (χ1) is 14.5. The van der Waals surface area contributed by atoms with E-state index in [1.165, 1.54) is 0 Å². The van der Waals surface area contributed by atoms with E-state index in [0.717, 1.165) is 41.1 Å². The van der Waals surface area contributed by atoms with E-state index in [-0.39, 0.29) is 17.6 Å². The van der Waals surface area contributed by atoms with E-state index in [1.807, 2.05) is 59.0 Å². The van der Waals surface area contributed by atoms with Crippen LogP contribution in [0, 0.1) is 12.3 Å². The SMILES string of the molecule is CC.Cc1ccc(-c2c(C(=N)c3c(NC(C)C)ccnc3N)noc2C2CC2)nc1. The number of hydrogen-bond acceptors (Lipinski definition) is 7. The van der Waals surface area contributed by atoms with Crippen LogP contribution in [0.3, 0.4) is 0 Å². The fourth-order valence-electron chi connectivity index (χ4n) is 3.25. The third-order valence-corrected chi connectivity index (χ3v) is 4.75. The predicted octanol–water partition coefficient (Wildman–Crippen LogP) is 5.16. The van der Waals surface area contributed by atoms with E-state index < -0.39 is 0 Å². The second-order valence-corrected chi connectivity index (χ2v) is 7.56. The number of nitrogens with one attached hydrogen (secondary N) is 2. The lowest BCUT2D eigenvalue weighted by atomic mass is 9.98. The topological polar surface area (TPSA) is 114 Å². The van der Waals surface area contributed by atoms with Crippen molar-refractivity contribution in [2.75, 3.05) is 11.1 Å². The number of pyridine rings is 2. The van der Waals surface area contributed by atoms with Crippen molar-refractivity contribution in [1.82, 2.24) is 15.1 Å². The van der Waals surface area contributed by atoms with Crippen LogP contribution in [0.15, 0.2) is 35.1 Å². The normalized spacial score (nSPS) is 13.0. The maximum Gasteiger partial charge on any atom is 0.149 e. The summed E-state index contributed by atoms with van der Waals surface area (Å²) in [5, 5.41) is 16.5. The van der Waals surface area contributed by atoms with Crippen LogP contribution in [-0.4, -0.2) is 26.9 Å². The minimum atomic E-state index is 0.182. The Hall–Kier alpha value is -3.22. The van der Waals surface area contributed by atoms with Crippen LogP contribution in [0.25, 0.3) is 11.3 Å². The first kappa shape index (κ1) is 21.5. The zero-order valence-corrected chi connectivity index (χ0v) is 18.3. The van der Waals surface area contributed by atoms with Gasteiger partial charge in [0.2, 0.25) is 0 Å². The summed E-state index contributed by atoms with van der Waals surface area (Å²) in [6, 6.07) is 5.96. The highest BCUT2D eigenvalue weighted by Crippen LogP contribution is 2.45. The molecule has 0 aromatic carbocycles. The number of nitrogens with two attached hydrogens (primary N) is 1. The van der Waals surface area contributed by atoms with E-state index in [4.69, 9.17) is 15.7 Å². The van der Waals surface area contributed by atoms with Crippen LogP contribution < -0.4 is 11.1 Å². The average Bonchev–Trinajstić information content (AvgIpc) is 3.48. The van der Waals surface area contributed by atoms with Crippen LogP contribution in [0.4, 0.5) is 11.5 Å². The highest BCUT2D eigenvalue weighted by molar-refractivity contribution is 6.18. The maximum atomic E-state index is 8.89. The third kappa shape index (κ3) is 4.35. The Morgan fingerprint density at radius 2 is 1.93 bits per heavy atom. The minimum Gasteiger partial charge on any atom is -0.383 e. The summed E-state index contributed by atoms with van der Waals surface area (Å²) in [5.74, 6) is 1.43. The van der Waals surface area contributed by atoms with Crippen molar-refractivity contribution in [3.63, 3.8) is 0 Å². The largest absolute Gasteiger partial charge is 0.383 e. The Morgan fingerprint density at radius 3 is 2.53 bits per heavy atom. The van der Waals surface area contributed by atoms with Crippen LogP contribution in [-0.2, 0) is 0 Å². The van der Waals surface area contributed by atoms with Crippen molar-refractivity contribution in [3.8, 4) is 11.3 Å². The second kappa shape index (κ2) is 9.07. The predicted molar refractivity (Wildman–Crippen MR) is 121 cm³/mol. The number of hydrogen-bond donors (Lipinski definition) is 3.